The number of fused-ring (bicyclic) bond motifs is 3. The highest BCUT2D eigenvalue weighted by Gasteiger charge is 2.51. The first-order valence-electron chi connectivity index (χ1n) is 14.9. The standard InChI is InChI=1S/C39H33NO4/c1-39(2)22-31-33(37(42)34(39)38(43)44-3)32(28-19-18-25-16-10-11-17-27(25)35(28)40-31)26-20-29(23-12-6-4-7-13-23)36(41)30(21-26)24-14-8-5-9-15-24/h4-21,32,34,40-41H,22H2,1-3H3. The zero-order chi connectivity index (χ0) is 30.6. The van der Waals surface area contributed by atoms with Crippen LogP contribution in [-0.4, -0.2) is 24.0 Å². The van der Waals surface area contributed by atoms with Gasteiger partial charge in [-0.2, -0.15) is 0 Å². The number of Topliss-reactive ketones (excluding diaryl/α,β-unsaturated/α-hetero) is 1. The van der Waals surface area contributed by atoms with Crippen LogP contribution < -0.4 is 5.32 Å². The van der Waals surface area contributed by atoms with Crippen LogP contribution in [0.25, 0.3) is 33.0 Å². The van der Waals surface area contributed by atoms with Crippen molar-refractivity contribution >= 4 is 28.2 Å². The smallest absolute Gasteiger partial charge is 0.317 e. The van der Waals surface area contributed by atoms with Crippen LogP contribution in [0.4, 0.5) is 5.69 Å². The van der Waals surface area contributed by atoms with Crippen LogP contribution in [0.15, 0.2) is 120 Å². The fraction of sp³-hybridized carbons (Fsp3) is 0.179. The third-order valence-corrected chi connectivity index (χ3v) is 9.18. The number of nitrogens with one attached hydrogen (secondary N) is 1. The Morgan fingerprint density at radius 1 is 0.841 bits per heavy atom. The number of hydrogen-bond acceptors (Lipinski definition) is 5. The first-order chi connectivity index (χ1) is 21.3. The van der Waals surface area contributed by atoms with Gasteiger partial charge in [0, 0.05) is 33.7 Å². The Bertz CT molecular complexity index is 1910. The van der Waals surface area contributed by atoms with E-state index in [-0.39, 0.29) is 11.5 Å². The summed E-state index contributed by atoms with van der Waals surface area (Å²) >= 11 is 0. The number of phenols is 1. The SMILES string of the molecule is COC(=O)C1C(=O)C2=C(CC1(C)C)Nc1c(ccc3ccccc13)C2c1cc(-c2ccccc2)c(O)c(-c2ccccc2)c1. The largest absolute Gasteiger partial charge is 0.507 e. The van der Waals surface area contributed by atoms with Gasteiger partial charge in [-0.1, -0.05) is 111 Å². The van der Waals surface area contributed by atoms with E-state index in [1.165, 1.54) is 7.11 Å². The van der Waals surface area contributed by atoms with Crippen LogP contribution in [0.5, 0.6) is 5.75 Å². The summed E-state index contributed by atoms with van der Waals surface area (Å²) in [5, 5.41) is 17.5. The normalized spacial score (nSPS) is 18.8. The van der Waals surface area contributed by atoms with E-state index in [9.17, 15) is 14.7 Å². The van der Waals surface area contributed by atoms with E-state index in [2.05, 4.69) is 29.6 Å². The maximum Gasteiger partial charge on any atom is 0.317 e. The first kappa shape index (κ1) is 27.7. The van der Waals surface area contributed by atoms with Gasteiger partial charge < -0.3 is 15.2 Å². The molecule has 5 heteroatoms. The topological polar surface area (TPSA) is 75.6 Å². The lowest BCUT2D eigenvalue weighted by atomic mass is 9.62. The second-order valence-corrected chi connectivity index (χ2v) is 12.4. The molecule has 2 unspecified atom stereocenters. The summed E-state index contributed by atoms with van der Waals surface area (Å²) in [5.74, 6) is -1.98. The summed E-state index contributed by atoms with van der Waals surface area (Å²) in [4.78, 5) is 27.7. The summed E-state index contributed by atoms with van der Waals surface area (Å²) in [6.07, 6.45) is 0.502. The van der Waals surface area contributed by atoms with E-state index >= 15 is 0 Å². The average Bonchev–Trinajstić information content (AvgIpc) is 3.04. The molecule has 2 N–H and O–H groups in total. The average molecular weight is 580 g/mol. The lowest BCUT2D eigenvalue weighted by Gasteiger charge is -2.43. The number of aromatic hydroxyl groups is 1. The van der Waals surface area contributed by atoms with E-state index < -0.39 is 23.2 Å². The molecule has 44 heavy (non-hydrogen) atoms. The van der Waals surface area contributed by atoms with Gasteiger partial charge in [-0.05, 0) is 51.6 Å². The van der Waals surface area contributed by atoms with E-state index in [0.717, 1.165) is 44.4 Å². The minimum absolute atomic E-state index is 0.177. The molecule has 5 aromatic carbocycles. The van der Waals surface area contributed by atoms with Crippen molar-refractivity contribution in [3.8, 4) is 28.0 Å². The third-order valence-electron chi connectivity index (χ3n) is 9.18. The minimum atomic E-state index is -0.933. The number of ketones is 1. The zero-order valence-corrected chi connectivity index (χ0v) is 24.9. The number of carbonyl (C=O) groups excluding carboxylic acids is 2. The minimum Gasteiger partial charge on any atom is -0.507 e. The van der Waals surface area contributed by atoms with Gasteiger partial charge >= 0.3 is 5.97 Å². The molecule has 0 aromatic heterocycles. The van der Waals surface area contributed by atoms with Crippen LogP contribution in [-0.2, 0) is 14.3 Å². The summed E-state index contributed by atoms with van der Waals surface area (Å²) in [6, 6.07) is 36.0. The second kappa shape index (κ2) is 10.5. The first-order valence-corrected chi connectivity index (χ1v) is 14.9. The van der Waals surface area contributed by atoms with Crippen molar-refractivity contribution < 1.29 is 19.4 Å². The molecule has 7 rings (SSSR count). The molecule has 5 aromatic rings. The molecule has 0 saturated heterocycles. The van der Waals surface area contributed by atoms with Gasteiger partial charge in [0.25, 0.3) is 0 Å². The maximum atomic E-state index is 14.6. The number of benzene rings is 5. The number of phenolic OH excluding ortho intramolecular Hbond substituents is 1. The highest BCUT2D eigenvalue weighted by atomic mass is 16.5. The summed E-state index contributed by atoms with van der Waals surface area (Å²) in [5.41, 5.74) is 6.62. The molecule has 1 aliphatic heterocycles. The number of esters is 1. The van der Waals surface area contributed by atoms with Crippen LogP contribution in [0.3, 0.4) is 0 Å². The van der Waals surface area contributed by atoms with Crippen molar-refractivity contribution in [3.63, 3.8) is 0 Å². The molecular formula is C39H33NO4. The van der Waals surface area contributed by atoms with Gasteiger partial charge in [0.2, 0.25) is 0 Å². The third kappa shape index (κ3) is 4.39. The second-order valence-electron chi connectivity index (χ2n) is 12.4. The number of anilines is 1. The number of allylic oxidation sites excluding steroid dienone is 2. The lowest BCUT2D eigenvalue weighted by Crippen LogP contribution is -2.45. The van der Waals surface area contributed by atoms with Gasteiger partial charge in [-0.3, -0.25) is 9.59 Å². The van der Waals surface area contributed by atoms with Gasteiger partial charge in [-0.25, -0.2) is 0 Å². The Balaban J connectivity index is 1.55. The van der Waals surface area contributed by atoms with Gasteiger partial charge in [0.05, 0.1) is 12.8 Å². The molecule has 0 radical (unpaired) electrons. The van der Waals surface area contributed by atoms with Crippen LogP contribution in [0, 0.1) is 11.3 Å². The fourth-order valence-electron chi connectivity index (χ4n) is 7.10. The van der Waals surface area contributed by atoms with Crippen molar-refractivity contribution in [3.05, 3.63) is 132 Å². The number of rotatable bonds is 4. The molecule has 218 valence electrons. The van der Waals surface area contributed by atoms with E-state index in [1.807, 2.05) is 98.8 Å². The molecule has 0 amide bonds. The number of ether oxygens (including phenoxy) is 1. The Morgan fingerprint density at radius 2 is 1.43 bits per heavy atom. The Hall–Kier alpha value is -5.16. The quantitative estimate of drug-likeness (QED) is 0.165. The highest BCUT2D eigenvalue weighted by molar-refractivity contribution is 6.13. The summed E-state index contributed by atoms with van der Waals surface area (Å²) in [7, 11) is 1.34. The monoisotopic (exact) mass is 579 g/mol. The Kier molecular flexibility index (Phi) is 6.62. The van der Waals surface area contributed by atoms with E-state index in [1.54, 1.807) is 0 Å². The van der Waals surface area contributed by atoms with Gasteiger partial charge in [-0.15, -0.1) is 0 Å². The fourth-order valence-corrected chi connectivity index (χ4v) is 7.10. The van der Waals surface area contributed by atoms with Gasteiger partial charge in [0.1, 0.15) is 11.7 Å². The molecule has 0 saturated carbocycles. The molecule has 0 bridgehead atoms. The predicted octanol–water partition coefficient (Wildman–Crippen LogP) is 8.48. The molecular weight excluding hydrogens is 546 g/mol. The predicted molar refractivity (Wildman–Crippen MR) is 174 cm³/mol. The van der Waals surface area contributed by atoms with E-state index in [0.29, 0.717) is 23.1 Å². The van der Waals surface area contributed by atoms with Crippen LogP contribution in [0.2, 0.25) is 0 Å². The molecule has 0 spiro atoms. The molecule has 2 aliphatic rings. The maximum absolute atomic E-state index is 14.6. The van der Waals surface area contributed by atoms with E-state index in [4.69, 9.17) is 4.74 Å². The lowest BCUT2D eigenvalue weighted by molar-refractivity contribution is -0.154. The molecule has 1 aliphatic carbocycles. The molecule has 5 nitrogen and oxygen atoms in total. The Labute approximate surface area is 256 Å². The number of carbonyl (C=O) groups is 2. The van der Waals surface area contributed by atoms with Gasteiger partial charge in [0.15, 0.2) is 5.78 Å². The van der Waals surface area contributed by atoms with Crippen molar-refractivity contribution in [1.29, 1.82) is 0 Å². The highest BCUT2D eigenvalue weighted by Crippen LogP contribution is 2.54. The van der Waals surface area contributed by atoms with Crippen molar-refractivity contribution in [2.75, 3.05) is 12.4 Å². The van der Waals surface area contributed by atoms with Crippen molar-refractivity contribution in [2.45, 2.75) is 26.2 Å². The van der Waals surface area contributed by atoms with Crippen LogP contribution in [0.1, 0.15) is 37.3 Å². The van der Waals surface area contributed by atoms with Crippen LogP contribution >= 0.6 is 0 Å². The van der Waals surface area contributed by atoms with Crippen molar-refractivity contribution in [1.82, 2.24) is 0 Å². The number of hydrogen-bond donors (Lipinski definition) is 2. The zero-order valence-electron chi connectivity index (χ0n) is 24.9. The number of methoxy groups -OCH3 is 1. The van der Waals surface area contributed by atoms with Crippen molar-refractivity contribution in [2.24, 2.45) is 11.3 Å². The molecule has 0 fully saturated rings. The Morgan fingerprint density at radius 3 is 2.05 bits per heavy atom. The summed E-state index contributed by atoms with van der Waals surface area (Å²) in [6.45, 7) is 3.90. The summed E-state index contributed by atoms with van der Waals surface area (Å²) < 4.78 is 5.18. The molecule has 1 heterocycles. The molecule has 2 atom stereocenters.